The van der Waals surface area contributed by atoms with E-state index in [4.69, 9.17) is 4.74 Å². The number of hydrogen-bond donors (Lipinski definition) is 1. The third-order valence-corrected chi connectivity index (χ3v) is 6.93. The fraction of sp³-hybridized carbons (Fsp3) is 0.680. The van der Waals surface area contributed by atoms with Gasteiger partial charge in [0.05, 0.1) is 12.0 Å². The number of nitrogens with one attached hydrogen (secondary N) is 1. The molecule has 2 amide bonds. The molecule has 0 spiro atoms. The SMILES string of the molecule is CCCCOC(=O)C1CSC(CC(C)C)N1C(=O)Nc1c(C(C)C)cccc1C(C)C. The van der Waals surface area contributed by atoms with Gasteiger partial charge in [-0.25, -0.2) is 9.59 Å². The lowest BCUT2D eigenvalue weighted by Gasteiger charge is -2.30. The van der Waals surface area contributed by atoms with E-state index in [2.05, 4.69) is 72.0 Å². The van der Waals surface area contributed by atoms with Crippen molar-refractivity contribution in [2.45, 2.75) is 91.0 Å². The Balaban J connectivity index is 2.33. The van der Waals surface area contributed by atoms with Crippen LogP contribution in [0.4, 0.5) is 10.5 Å². The first-order chi connectivity index (χ1) is 14.7. The van der Waals surface area contributed by atoms with Gasteiger partial charge in [-0.3, -0.25) is 4.90 Å². The number of carbonyl (C=O) groups is 2. The predicted octanol–water partition coefficient (Wildman–Crippen LogP) is 6.60. The van der Waals surface area contributed by atoms with Crippen LogP contribution in [0.25, 0.3) is 0 Å². The number of ether oxygens (including phenoxy) is 1. The van der Waals surface area contributed by atoms with E-state index in [1.807, 2.05) is 0 Å². The average molecular weight is 449 g/mol. The molecule has 2 atom stereocenters. The van der Waals surface area contributed by atoms with Gasteiger partial charge in [0, 0.05) is 11.4 Å². The Hall–Kier alpha value is -1.69. The van der Waals surface area contributed by atoms with E-state index in [0.29, 0.717) is 18.3 Å². The van der Waals surface area contributed by atoms with E-state index in [1.54, 1.807) is 16.7 Å². The van der Waals surface area contributed by atoms with Crippen LogP contribution in [0.15, 0.2) is 18.2 Å². The third kappa shape index (κ3) is 6.64. The number of rotatable bonds is 9. The van der Waals surface area contributed by atoms with Crippen LogP contribution >= 0.6 is 11.8 Å². The number of esters is 1. The second kappa shape index (κ2) is 11.8. The number of unbranched alkanes of at least 4 members (excludes halogenated alkanes) is 1. The number of benzene rings is 1. The van der Waals surface area contributed by atoms with Crippen molar-refractivity contribution >= 4 is 29.4 Å². The monoisotopic (exact) mass is 448 g/mol. The van der Waals surface area contributed by atoms with Crippen molar-refractivity contribution in [3.05, 3.63) is 29.3 Å². The van der Waals surface area contributed by atoms with Gasteiger partial charge in [-0.1, -0.05) is 73.1 Å². The summed E-state index contributed by atoms with van der Waals surface area (Å²) in [4.78, 5) is 28.1. The Labute approximate surface area is 192 Å². The fourth-order valence-electron chi connectivity index (χ4n) is 3.88. The van der Waals surface area contributed by atoms with Crippen LogP contribution < -0.4 is 5.32 Å². The van der Waals surface area contributed by atoms with Gasteiger partial charge >= 0.3 is 12.0 Å². The van der Waals surface area contributed by atoms with Gasteiger partial charge in [0.2, 0.25) is 0 Å². The highest BCUT2D eigenvalue weighted by molar-refractivity contribution is 8.00. The van der Waals surface area contributed by atoms with Crippen molar-refractivity contribution in [2.24, 2.45) is 5.92 Å². The highest BCUT2D eigenvalue weighted by Crippen LogP contribution is 2.37. The van der Waals surface area contributed by atoms with Gasteiger partial charge in [-0.15, -0.1) is 11.8 Å². The summed E-state index contributed by atoms with van der Waals surface area (Å²) in [6.45, 7) is 15.3. The van der Waals surface area contributed by atoms with Gasteiger partial charge in [-0.2, -0.15) is 0 Å². The smallest absolute Gasteiger partial charge is 0.329 e. The minimum absolute atomic E-state index is 0.0302. The molecule has 1 aliphatic heterocycles. The Bertz CT molecular complexity index is 722. The van der Waals surface area contributed by atoms with E-state index in [0.717, 1.165) is 36.1 Å². The van der Waals surface area contributed by atoms with Crippen LogP contribution in [0.1, 0.15) is 90.7 Å². The molecule has 2 unspecified atom stereocenters. The first-order valence-corrected chi connectivity index (χ1v) is 12.7. The van der Waals surface area contributed by atoms with Crippen LogP contribution in [0, 0.1) is 5.92 Å². The van der Waals surface area contributed by atoms with E-state index in [1.165, 1.54) is 0 Å². The number of nitrogens with zero attached hydrogens (tertiary/aromatic N) is 1. The van der Waals surface area contributed by atoms with Crippen LogP contribution in [0.2, 0.25) is 0 Å². The lowest BCUT2D eigenvalue weighted by atomic mass is 9.92. The summed E-state index contributed by atoms with van der Waals surface area (Å²) in [5, 5.41) is 3.17. The zero-order chi connectivity index (χ0) is 23.1. The average Bonchev–Trinajstić information content (AvgIpc) is 3.10. The first-order valence-electron chi connectivity index (χ1n) is 11.7. The summed E-state index contributed by atoms with van der Waals surface area (Å²) in [6.07, 6.45) is 2.66. The predicted molar refractivity (Wildman–Crippen MR) is 131 cm³/mol. The minimum Gasteiger partial charge on any atom is -0.464 e. The lowest BCUT2D eigenvalue weighted by molar-refractivity contribution is -0.148. The summed E-state index contributed by atoms with van der Waals surface area (Å²) >= 11 is 1.68. The highest BCUT2D eigenvalue weighted by Gasteiger charge is 2.43. The largest absolute Gasteiger partial charge is 0.464 e. The molecular weight excluding hydrogens is 408 g/mol. The van der Waals surface area contributed by atoms with Crippen molar-refractivity contribution in [1.29, 1.82) is 0 Å². The summed E-state index contributed by atoms with van der Waals surface area (Å²) < 4.78 is 5.50. The van der Waals surface area contributed by atoms with Crippen LogP contribution in [-0.4, -0.2) is 40.7 Å². The van der Waals surface area contributed by atoms with Gasteiger partial charge in [0.15, 0.2) is 0 Å². The van der Waals surface area contributed by atoms with Gasteiger partial charge in [0.1, 0.15) is 6.04 Å². The Morgan fingerprint density at radius 2 is 1.74 bits per heavy atom. The first kappa shape index (κ1) is 25.6. The van der Waals surface area contributed by atoms with E-state index < -0.39 is 6.04 Å². The van der Waals surface area contributed by atoms with Crippen LogP contribution in [0.3, 0.4) is 0 Å². The third-order valence-electron chi connectivity index (χ3n) is 5.62. The van der Waals surface area contributed by atoms with Crippen molar-refractivity contribution in [2.75, 3.05) is 17.7 Å². The summed E-state index contributed by atoms with van der Waals surface area (Å²) in [6, 6.07) is 5.46. The van der Waals surface area contributed by atoms with Crippen LogP contribution in [-0.2, 0) is 9.53 Å². The van der Waals surface area contributed by atoms with Crippen molar-refractivity contribution < 1.29 is 14.3 Å². The fourth-order valence-corrected chi connectivity index (χ4v) is 5.51. The number of para-hydroxylation sites is 1. The number of thioether (sulfide) groups is 1. The molecule has 6 heteroatoms. The molecule has 1 aliphatic rings. The molecule has 31 heavy (non-hydrogen) atoms. The standard InChI is InChI=1S/C25H40N2O3S/c1-8-9-13-30-24(28)21-15-31-22(14-16(2)3)27(21)25(29)26-23-19(17(4)5)11-10-12-20(23)18(6)7/h10-12,16-18,21-22H,8-9,13-15H2,1-7H3,(H,26,29). The maximum atomic E-state index is 13.6. The Morgan fingerprint density at radius 3 is 2.26 bits per heavy atom. The molecule has 1 aromatic rings. The number of amides is 2. The molecule has 0 aliphatic carbocycles. The molecular formula is C25H40N2O3S. The topological polar surface area (TPSA) is 58.6 Å². The van der Waals surface area contributed by atoms with Gasteiger partial charge in [-0.05, 0) is 41.7 Å². The normalized spacial score (nSPS) is 18.8. The maximum Gasteiger partial charge on any atom is 0.329 e. The zero-order valence-electron chi connectivity index (χ0n) is 20.2. The van der Waals surface area contributed by atoms with E-state index in [-0.39, 0.29) is 29.2 Å². The molecule has 0 aromatic heterocycles. The molecule has 1 N–H and O–H groups in total. The number of anilines is 1. The van der Waals surface area contributed by atoms with E-state index >= 15 is 0 Å². The molecule has 0 saturated carbocycles. The molecule has 1 heterocycles. The summed E-state index contributed by atoms with van der Waals surface area (Å²) in [7, 11) is 0. The van der Waals surface area contributed by atoms with Crippen molar-refractivity contribution in [1.82, 2.24) is 4.90 Å². The quantitative estimate of drug-likeness (QED) is 0.342. The van der Waals surface area contributed by atoms with Crippen molar-refractivity contribution in [3.63, 3.8) is 0 Å². The number of hydrogen-bond acceptors (Lipinski definition) is 4. The Morgan fingerprint density at radius 1 is 1.13 bits per heavy atom. The molecule has 5 nitrogen and oxygen atoms in total. The molecule has 0 bridgehead atoms. The van der Waals surface area contributed by atoms with Gasteiger partial charge in [0.25, 0.3) is 0 Å². The summed E-state index contributed by atoms with van der Waals surface area (Å²) in [5.74, 6) is 1.28. The second-order valence-electron chi connectivity index (χ2n) is 9.41. The second-order valence-corrected chi connectivity index (χ2v) is 10.6. The molecule has 2 rings (SSSR count). The molecule has 0 radical (unpaired) electrons. The highest BCUT2D eigenvalue weighted by atomic mass is 32.2. The van der Waals surface area contributed by atoms with E-state index in [9.17, 15) is 9.59 Å². The lowest BCUT2D eigenvalue weighted by Crippen LogP contribution is -2.48. The Kier molecular flexibility index (Phi) is 9.73. The number of carbonyl (C=O) groups excluding carboxylic acids is 2. The number of urea groups is 1. The molecule has 174 valence electrons. The molecule has 1 saturated heterocycles. The van der Waals surface area contributed by atoms with Crippen LogP contribution in [0.5, 0.6) is 0 Å². The maximum absolute atomic E-state index is 13.6. The minimum atomic E-state index is -0.542. The van der Waals surface area contributed by atoms with Gasteiger partial charge < -0.3 is 10.1 Å². The zero-order valence-corrected chi connectivity index (χ0v) is 21.1. The molecule has 1 aromatic carbocycles. The summed E-state index contributed by atoms with van der Waals surface area (Å²) in [5.41, 5.74) is 3.12. The molecule has 1 fully saturated rings. The van der Waals surface area contributed by atoms with Crippen molar-refractivity contribution in [3.8, 4) is 0 Å².